The van der Waals surface area contributed by atoms with Crippen molar-refractivity contribution in [3.05, 3.63) is 53.6 Å². The van der Waals surface area contributed by atoms with Crippen LogP contribution < -0.4 is 20.1 Å². The number of ether oxygens (including phenoxy) is 2. The van der Waals surface area contributed by atoms with Gasteiger partial charge < -0.3 is 20.1 Å². The fraction of sp³-hybridized carbons (Fsp3) is 0.235. The minimum Gasteiger partial charge on any atom is -0.494 e. The molecule has 0 saturated heterocycles. The summed E-state index contributed by atoms with van der Waals surface area (Å²) < 4.78 is 11.0. The van der Waals surface area contributed by atoms with E-state index in [1.54, 1.807) is 6.07 Å². The van der Waals surface area contributed by atoms with Crippen LogP contribution in [0.15, 0.2) is 48.5 Å². The highest BCUT2D eigenvalue weighted by Crippen LogP contribution is 2.22. The van der Waals surface area contributed by atoms with Crippen LogP contribution in [-0.2, 0) is 0 Å². The zero-order valence-corrected chi connectivity index (χ0v) is 14.4. The number of thiocarbonyl (C=S) groups is 1. The minimum absolute atomic E-state index is 0.467. The number of halogens is 1. The maximum absolute atomic E-state index is 6.01. The summed E-state index contributed by atoms with van der Waals surface area (Å²) in [6.07, 6.45) is 0. The molecule has 0 aliphatic heterocycles. The van der Waals surface area contributed by atoms with Crippen LogP contribution in [0.25, 0.3) is 0 Å². The average Bonchev–Trinajstić information content (AvgIpc) is 2.55. The molecule has 0 fully saturated rings. The third-order valence-electron chi connectivity index (χ3n) is 2.91. The SMILES string of the molecule is CCOc1ccc(NC(=S)NCCOc2ccccc2Cl)cc1. The molecule has 6 heteroatoms. The van der Waals surface area contributed by atoms with Gasteiger partial charge in [-0.15, -0.1) is 0 Å². The van der Waals surface area contributed by atoms with Gasteiger partial charge in [-0.3, -0.25) is 0 Å². The third kappa shape index (κ3) is 5.96. The predicted molar refractivity (Wildman–Crippen MR) is 98.8 cm³/mol. The second-order valence-corrected chi connectivity index (χ2v) is 5.43. The molecule has 122 valence electrons. The van der Waals surface area contributed by atoms with Gasteiger partial charge in [0.1, 0.15) is 18.1 Å². The number of hydrogen-bond acceptors (Lipinski definition) is 3. The maximum Gasteiger partial charge on any atom is 0.170 e. The number of para-hydroxylation sites is 1. The number of rotatable bonds is 7. The van der Waals surface area contributed by atoms with Gasteiger partial charge in [0.05, 0.1) is 18.2 Å². The van der Waals surface area contributed by atoms with E-state index in [1.165, 1.54) is 0 Å². The van der Waals surface area contributed by atoms with E-state index in [9.17, 15) is 0 Å². The van der Waals surface area contributed by atoms with Crippen molar-refractivity contribution >= 4 is 34.6 Å². The molecule has 23 heavy (non-hydrogen) atoms. The lowest BCUT2D eigenvalue weighted by atomic mass is 10.3. The van der Waals surface area contributed by atoms with Crippen LogP contribution in [0.5, 0.6) is 11.5 Å². The molecule has 0 saturated carbocycles. The third-order valence-corrected chi connectivity index (χ3v) is 3.46. The van der Waals surface area contributed by atoms with E-state index in [1.807, 2.05) is 49.4 Å². The lowest BCUT2D eigenvalue weighted by Gasteiger charge is -2.12. The van der Waals surface area contributed by atoms with Gasteiger partial charge in [-0.25, -0.2) is 0 Å². The molecule has 2 rings (SSSR count). The van der Waals surface area contributed by atoms with Gasteiger partial charge in [0, 0.05) is 5.69 Å². The standard InChI is InChI=1S/C17H19ClN2O2S/c1-2-21-14-9-7-13(8-10-14)20-17(23)19-11-12-22-16-6-4-3-5-15(16)18/h3-10H,2,11-12H2,1H3,(H2,19,20,23). The fourth-order valence-corrected chi connectivity index (χ4v) is 2.27. The Kier molecular flexibility index (Phi) is 6.97. The Bertz CT molecular complexity index is 635. The van der Waals surface area contributed by atoms with Crippen LogP contribution in [0.3, 0.4) is 0 Å². The van der Waals surface area contributed by atoms with Gasteiger partial charge in [0.25, 0.3) is 0 Å². The maximum atomic E-state index is 6.01. The normalized spacial score (nSPS) is 10.0. The van der Waals surface area contributed by atoms with E-state index in [0.29, 0.717) is 35.6 Å². The summed E-state index contributed by atoms with van der Waals surface area (Å²) >= 11 is 11.3. The molecular weight excluding hydrogens is 332 g/mol. The van der Waals surface area contributed by atoms with Crippen molar-refractivity contribution in [2.75, 3.05) is 25.1 Å². The predicted octanol–water partition coefficient (Wildman–Crippen LogP) is 4.10. The van der Waals surface area contributed by atoms with Crippen molar-refractivity contribution < 1.29 is 9.47 Å². The largest absolute Gasteiger partial charge is 0.494 e. The highest BCUT2D eigenvalue weighted by molar-refractivity contribution is 7.80. The van der Waals surface area contributed by atoms with Crippen LogP contribution in [0.2, 0.25) is 5.02 Å². The quantitative estimate of drug-likeness (QED) is 0.581. The van der Waals surface area contributed by atoms with Crippen molar-refractivity contribution in [3.63, 3.8) is 0 Å². The van der Waals surface area contributed by atoms with Gasteiger partial charge in [0.15, 0.2) is 5.11 Å². The zero-order chi connectivity index (χ0) is 16.5. The molecule has 0 radical (unpaired) electrons. The molecule has 0 aromatic heterocycles. The van der Waals surface area contributed by atoms with E-state index in [-0.39, 0.29) is 0 Å². The summed E-state index contributed by atoms with van der Waals surface area (Å²) in [5, 5.41) is 7.32. The molecule has 0 aliphatic rings. The number of anilines is 1. The summed E-state index contributed by atoms with van der Waals surface area (Å²) in [6, 6.07) is 15.0. The van der Waals surface area contributed by atoms with Crippen molar-refractivity contribution in [1.82, 2.24) is 5.32 Å². The van der Waals surface area contributed by atoms with E-state index >= 15 is 0 Å². The Morgan fingerprint density at radius 1 is 1.09 bits per heavy atom. The highest BCUT2D eigenvalue weighted by Gasteiger charge is 2.01. The molecule has 4 nitrogen and oxygen atoms in total. The van der Waals surface area contributed by atoms with Crippen molar-refractivity contribution in [2.24, 2.45) is 0 Å². The van der Waals surface area contributed by atoms with Crippen LogP contribution >= 0.6 is 23.8 Å². The summed E-state index contributed by atoms with van der Waals surface area (Å²) in [7, 11) is 0. The van der Waals surface area contributed by atoms with E-state index in [2.05, 4.69) is 10.6 Å². The summed E-state index contributed by atoms with van der Waals surface area (Å²) in [4.78, 5) is 0. The molecule has 0 unspecified atom stereocenters. The minimum atomic E-state index is 0.467. The first-order valence-corrected chi connectivity index (χ1v) is 8.12. The lowest BCUT2D eigenvalue weighted by molar-refractivity contribution is 0.323. The number of nitrogens with one attached hydrogen (secondary N) is 2. The Balaban J connectivity index is 1.70. The highest BCUT2D eigenvalue weighted by atomic mass is 35.5. The molecule has 2 aromatic rings. The van der Waals surface area contributed by atoms with Crippen LogP contribution in [-0.4, -0.2) is 24.9 Å². The molecule has 0 spiro atoms. The Hall–Kier alpha value is -1.98. The van der Waals surface area contributed by atoms with Crippen molar-refractivity contribution in [3.8, 4) is 11.5 Å². The summed E-state index contributed by atoms with van der Waals surface area (Å²) in [5.74, 6) is 1.51. The van der Waals surface area contributed by atoms with Crippen molar-refractivity contribution in [1.29, 1.82) is 0 Å². The molecular formula is C17H19ClN2O2S. The summed E-state index contributed by atoms with van der Waals surface area (Å²) in [5.41, 5.74) is 0.901. The summed E-state index contributed by atoms with van der Waals surface area (Å²) in [6.45, 7) is 3.65. The van der Waals surface area contributed by atoms with E-state index < -0.39 is 0 Å². The van der Waals surface area contributed by atoms with Gasteiger partial charge in [-0.1, -0.05) is 23.7 Å². The van der Waals surface area contributed by atoms with Gasteiger partial charge in [0.2, 0.25) is 0 Å². The monoisotopic (exact) mass is 350 g/mol. The molecule has 0 amide bonds. The molecule has 2 N–H and O–H groups in total. The van der Waals surface area contributed by atoms with Gasteiger partial charge >= 0.3 is 0 Å². The first kappa shape index (κ1) is 17.4. The molecule has 0 bridgehead atoms. The molecule has 0 heterocycles. The number of benzene rings is 2. The van der Waals surface area contributed by atoms with Crippen molar-refractivity contribution in [2.45, 2.75) is 6.92 Å². The van der Waals surface area contributed by atoms with E-state index in [0.717, 1.165) is 11.4 Å². The second kappa shape index (κ2) is 9.22. The molecule has 2 aromatic carbocycles. The lowest BCUT2D eigenvalue weighted by Crippen LogP contribution is -2.31. The van der Waals surface area contributed by atoms with Gasteiger partial charge in [-0.05, 0) is 55.5 Å². The first-order valence-electron chi connectivity index (χ1n) is 7.34. The molecule has 0 atom stereocenters. The molecule has 0 aliphatic carbocycles. The van der Waals surface area contributed by atoms with Crippen LogP contribution in [0.1, 0.15) is 6.92 Å². The zero-order valence-electron chi connectivity index (χ0n) is 12.8. The Morgan fingerprint density at radius 2 is 1.83 bits per heavy atom. The smallest absolute Gasteiger partial charge is 0.170 e. The van der Waals surface area contributed by atoms with Gasteiger partial charge in [-0.2, -0.15) is 0 Å². The topological polar surface area (TPSA) is 42.5 Å². The first-order chi connectivity index (χ1) is 11.2. The van der Waals surface area contributed by atoms with E-state index in [4.69, 9.17) is 33.3 Å². The van der Waals surface area contributed by atoms with Crippen LogP contribution in [0, 0.1) is 0 Å². The average molecular weight is 351 g/mol. The Morgan fingerprint density at radius 3 is 2.52 bits per heavy atom. The fourth-order valence-electron chi connectivity index (χ4n) is 1.86. The number of hydrogen-bond donors (Lipinski definition) is 2. The Labute approximate surface area is 146 Å². The second-order valence-electron chi connectivity index (χ2n) is 4.62. The van der Waals surface area contributed by atoms with Crippen LogP contribution in [0.4, 0.5) is 5.69 Å².